The molecule has 0 radical (unpaired) electrons. The van der Waals surface area contributed by atoms with Crippen molar-refractivity contribution in [2.24, 2.45) is 11.3 Å². The highest BCUT2D eigenvalue weighted by atomic mass is 35.5. The first kappa shape index (κ1) is 9.99. The summed E-state index contributed by atoms with van der Waals surface area (Å²) < 4.78 is -0.446. The van der Waals surface area contributed by atoms with Crippen LogP contribution >= 0.6 is 23.2 Å². The van der Waals surface area contributed by atoms with Gasteiger partial charge in [0.15, 0.2) is 0 Å². The van der Waals surface area contributed by atoms with E-state index in [1.807, 2.05) is 0 Å². The molecule has 0 unspecified atom stereocenters. The monoisotopic (exact) mass is 240 g/mol. The van der Waals surface area contributed by atoms with Gasteiger partial charge in [-0.2, -0.15) is 0 Å². The quantitative estimate of drug-likeness (QED) is 0.640. The Morgan fingerprint density at radius 2 is 1.87 bits per heavy atom. The molecule has 1 aromatic carbocycles. The van der Waals surface area contributed by atoms with E-state index in [-0.39, 0.29) is 5.41 Å². The highest BCUT2D eigenvalue weighted by molar-refractivity contribution is 6.52. The molecular formula is C13H14Cl2. The van der Waals surface area contributed by atoms with Crippen molar-refractivity contribution >= 4 is 23.2 Å². The summed E-state index contributed by atoms with van der Waals surface area (Å²) in [7, 11) is 0. The van der Waals surface area contributed by atoms with E-state index in [2.05, 4.69) is 37.3 Å². The summed E-state index contributed by atoms with van der Waals surface area (Å²) >= 11 is 12.5. The van der Waals surface area contributed by atoms with Crippen LogP contribution in [0.3, 0.4) is 0 Å². The summed E-state index contributed by atoms with van der Waals surface area (Å²) in [5.74, 6) is 1.16. The number of halogens is 2. The number of alkyl halides is 2. The molecule has 2 heteroatoms. The highest BCUT2D eigenvalue weighted by Gasteiger charge is 2.76. The Bertz CT molecular complexity index is 385. The molecule has 2 aliphatic rings. The van der Waals surface area contributed by atoms with Crippen molar-refractivity contribution in [3.63, 3.8) is 0 Å². The SMILES string of the molecule is C[C@]12C[C@@H](c3ccccc3)C[C@H]1C2(Cl)Cl. The van der Waals surface area contributed by atoms with Crippen LogP contribution in [0.25, 0.3) is 0 Å². The zero-order chi connectivity index (χ0) is 10.7. The first-order chi connectivity index (χ1) is 7.06. The molecule has 3 atom stereocenters. The molecule has 0 heterocycles. The molecule has 0 saturated heterocycles. The second-order valence-corrected chi connectivity index (χ2v) is 6.53. The molecule has 2 aliphatic carbocycles. The maximum Gasteiger partial charge on any atom is 0.127 e. The predicted molar refractivity (Wildman–Crippen MR) is 64.5 cm³/mol. The normalized spacial score (nSPS) is 41.3. The standard InChI is InChI=1S/C13H14Cl2/c1-12-8-10(7-11(12)13(12,14)15)9-5-3-2-4-6-9/h2-6,10-11H,7-8H2,1H3/t10-,11+,12-/m0/s1. The lowest BCUT2D eigenvalue weighted by Crippen LogP contribution is -2.09. The van der Waals surface area contributed by atoms with Crippen LogP contribution in [0.15, 0.2) is 30.3 Å². The topological polar surface area (TPSA) is 0 Å². The minimum atomic E-state index is -0.446. The van der Waals surface area contributed by atoms with Gasteiger partial charge in [0.1, 0.15) is 4.33 Å². The van der Waals surface area contributed by atoms with Gasteiger partial charge in [0, 0.05) is 11.3 Å². The Morgan fingerprint density at radius 1 is 1.20 bits per heavy atom. The Kier molecular flexibility index (Phi) is 1.95. The Labute approximate surface area is 101 Å². The van der Waals surface area contributed by atoms with E-state index in [9.17, 15) is 0 Å². The van der Waals surface area contributed by atoms with Crippen molar-refractivity contribution in [1.29, 1.82) is 0 Å². The van der Waals surface area contributed by atoms with Crippen LogP contribution in [-0.4, -0.2) is 4.33 Å². The van der Waals surface area contributed by atoms with Crippen molar-refractivity contribution in [3.8, 4) is 0 Å². The van der Waals surface area contributed by atoms with Crippen molar-refractivity contribution in [2.45, 2.75) is 30.0 Å². The van der Waals surface area contributed by atoms with E-state index in [1.165, 1.54) is 5.56 Å². The summed E-state index contributed by atoms with van der Waals surface area (Å²) in [6.45, 7) is 2.22. The van der Waals surface area contributed by atoms with Crippen molar-refractivity contribution in [1.82, 2.24) is 0 Å². The molecule has 2 saturated carbocycles. The maximum absolute atomic E-state index is 6.27. The van der Waals surface area contributed by atoms with Crippen LogP contribution in [-0.2, 0) is 0 Å². The number of rotatable bonds is 1. The number of hydrogen-bond acceptors (Lipinski definition) is 0. The molecule has 15 heavy (non-hydrogen) atoms. The smallest absolute Gasteiger partial charge is 0.101 e. The highest BCUT2D eigenvalue weighted by Crippen LogP contribution is 2.78. The number of fused-ring (bicyclic) bond motifs is 1. The lowest BCUT2D eigenvalue weighted by Gasteiger charge is -2.18. The second-order valence-electron chi connectivity index (χ2n) is 5.14. The molecule has 1 aromatic rings. The summed E-state index contributed by atoms with van der Waals surface area (Å²) in [5, 5.41) is 0. The van der Waals surface area contributed by atoms with Gasteiger partial charge < -0.3 is 0 Å². The Hall–Kier alpha value is -0.200. The average molecular weight is 241 g/mol. The van der Waals surface area contributed by atoms with Crippen LogP contribution in [0.4, 0.5) is 0 Å². The largest absolute Gasteiger partial charge is 0.127 e. The van der Waals surface area contributed by atoms with Crippen molar-refractivity contribution < 1.29 is 0 Å². The molecule has 80 valence electrons. The third kappa shape index (κ3) is 1.21. The lowest BCUT2D eigenvalue weighted by molar-refractivity contribution is 0.506. The van der Waals surface area contributed by atoms with Gasteiger partial charge in [-0.05, 0) is 24.3 Å². The van der Waals surface area contributed by atoms with Crippen LogP contribution in [0.1, 0.15) is 31.2 Å². The van der Waals surface area contributed by atoms with Gasteiger partial charge in [-0.1, -0.05) is 37.3 Å². The van der Waals surface area contributed by atoms with Gasteiger partial charge in [-0.15, -0.1) is 23.2 Å². The van der Waals surface area contributed by atoms with Crippen LogP contribution in [0.2, 0.25) is 0 Å². The lowest BCUT2D eigenvalue weighted by atomic mass is 9.91. The molecule has 0 spiro atoms. The van der Waals surface area contributed by atoms with Crippen LogP contribution in [0.5, 0.6) is 0 Å². The minimum absolute atomic E-state index is 0.163. The maximum atomic E-state index is 6.27. The molecule has 2 fully saturated rings. The van der Waals surface area contributed by atoms with E-state index >= 15 is 0 Å². The number of benzene rings is 1. The fourth-order valence-corrected chi connectivity index (χ4v) is 4.19. The molecular weight excluding hydrogens is 227 g/mol. The van der Waals surface area contributed by atoms with Crippen molar-refractivity contribution in [3.05, 3.63) is 35.9 Å². The van der Waals surface area contributed by atoms with Gasteiger partial charge in [0.05, 0.1) is 0 Å². The minimum Gasteiger partial charge on any atom is -0.101 e. The summed E-state index contributed by atoms with van der Waals surface area (Å²) in [4.78, 5) is 0. The number of hydrogen-bond donors (Lipinski definition) is 0. The molecule has 0 bridgehead atoms. The van der Waals surface area contributed by atoms with Gasteiger partial charge >= 0.3 is 0 Å². The van der Waals surface area contributed by atoms with Gasteiger partial charge in [0.25, 0.3) is 0 Å². The van der Waals surface area contributed by atoms with Crippen LogP contribution < -0.4 is 0 Å². The summed E-state index contributed by atoms with van der Waals surface area (Å²) in [6, 6.07) is 10.7. The Balaban J connectivity index is 1.82. The van der Waals surface area contributed by atoms with Crippen LogP contribution in [0, 0.1) is 11.3 Å². The fourth-order valence-electron chi connectivity index (χ4n) is 3.22. The van der Waals surface area contributed by atoms with E-state index in [0.717, 1.165) is 12.8 Å². The van der Waals surface area contributed by atoms with Gasteiger partial charge in [-0.3, -0.25) is 0 Å². The van der Waals surface area contributed by atoms with E-state index in [0.29, 0.717) is 11.8 Å². The molecule has 0 N–H and O–H groups in total. The van der Waals surface area contributed by atoms with E-state index in [4.69, 9.17) is 23.2 Å². The second kappa shape index (κ2) is 2.93. The first-order valence-corrected chi connectivity index (χ1v) is 6.24. The third-order valence-electron chi connectivity index (χ3n) is 4.35. The summed E-state index contributed by atoms with van der Waals surface area (Å²) in [5.41, 5.74) is 1.60. The molecule has 0 aromatic heterocycles. The molecule has 3 rings (SSSR count). The molecule has 0 nitrogen and oxygen atoms in total. The first-order valence-electron chi connectivity index (χ1n) is 5.48. The summed E-state index contributed by atoms with van der Waals surface area (Å²) in [6.07, 6.45) is 2.28. The van der Waals surface area contributed by atoms with Crippen molar-refractivity contribution in [2.75, 3.05) is 0 Å². The zero-order valence-electron chi connectivity index (χ0n) is 8.71. The zero-order valence-corrected chi connectivity index (χ0v) is 10.2. The fraction of sp³-hybridized carbons (Fsp3) is 0.538. The molecule has 0 aliphatic heterocycles. The third-order valence-corrected chi connectivity index (χ3v) is 5.74. The predicted octanol–water partition coefficient (Wildman–Crippen LogP) is 4.37. The Morgan fingerprint density at radius 3 is 2.40 bits per heavy atom. The average Bonchev–Trinajstić information content (AvgIpc) is 2.57. The van der Waals surface area contributed by atoms with Gasteiger partial charge in [-0.25, -0.2) is 0 Å². The van der Waals surface area contributed by atoms with E-state index in [1.54, 1.807) is 0 Å². The van der Waals surface area contributed by atoms with Gasteiger partial charge in [0.2, 0.25) is 0 Å². The van der Waals surface area contributed by atoms with E-state index < -0.39 is 4.33 Å². The molecule has 0 amide bonds.